The number of nitrogens with two attached hydrogens (primary N) is 1. The molecule has 0 aliphatic carbocycles. The van der Waals surface area contributed by atoms with Crippen LogP contribution in [0.15, 0.2) is 22.7 Å². The molecular weight excluding hydrogens is 237 g/mol. The Bertz CT molecular complexity index is 269. The van der Waals surface area contributed by atoms with Gasteiger partial charge in [0.1, 0.15) is 5.82 Å². The molecule has 0 heterocycles. The normalized spacial score (nSPS) is 12.9. The van der Waals surface area contributed by atoms with Gasteiger partial charge in [0.25, 0.3) is 0 Å². The minimum absolute atomic E-state index is 0.244. The van der Waals surface area contributed by atoms with E-state index in [1.807, 2.05) is 0 Å². The highest BCUT2D eigenvalue weighted by Gasteiger charge is 2.09. The Morgan fingerprint density at radius 2 is 2.23 bits per heavy atom. The Hall–Kier alpha value is -0.450. The zero-order valence-corrected chi connectivity index (χ0v) is 8.84. The standard InChI is InChI=1S/C9H11BrFNO/c1-13-9(5-12)6-2-7(10)4-8(11)3-6/h2-4,9H,5,12H2,1H3. The molecule has 0 saturated carbocycles. The monoisotopic (exact) mass is 247 g/mol. The third-order valence-electron chi connectivity index (χ3n) is 1.76. The van der Waals surface area contributed by atoms with E-state index in [4.69, 9.17) is 10.5 Å². The Kier molecular flexibility index (Phi) is 3.84. The molecule has 0 aromatic heterocycles. The van der Waals surface area contributed by atoms with Crippen molar-refractivity contribution in [3.05, 3.63) is 34.1 Å². The summed E-state index contributed by atoms with van der Waals surface area (Å²) in [5.74, 6) is -0.292. The molecule has 0 saturated heterocycles. The van der Waals surface area contributed by atoms with Crippen molar-refractivity contribution < 1.29 is 9.13 Å². The largest absolute Gasteiger partial charge is 0.375 e. The lowest BCUT2D eigenvalue weighted by Gasteiger charge is -2.13. The number of methoxy groups -OCH3 is 1. The minimum atomic E-state index is -0.292. The first-order chi connectivity index (χ1) is 6.17. The summed E-state index contributed by atoms with van der Waals surface area (Å²) in [5.41, 5.74) is 6.20. The summed E-state index contributed by atoms with van der Waals surface area (Å²) in [6.07, 6.45) is -0.244. The zero-order chi connectivity index (χ0) is 9.84. The average Bonchev–Trinajstić information content (AvgIpc) is 2.04. The molecule has 0 aliphatic heterocycles. The van der Waals surface area contributed by atoms with Gasteiger partial charge in [-0.05, 0) is 23.8 Å². The Morgan fingerprint density at radius 1 is 1.54 bits per heavy atom. The molecule has 1 aromatic carbocycles. The van der Waals surface area contributed by atoms with Crippen LogP contribution in [-0.4, -0.2) is 13.7 Å². The van der Waals surface area contributed by atoms with E-state index >= 15 is 0 Å². The summed E-state index contributed by atoms with van der Waals surface area (Å²) < 4.78 is 18.7. The first-order valence-corrected chi connectivity index (χ1v) is 4.65. The third-order valence-corrected chi connectivity index (χ3v) is 2.21. The fraction of sp³-hybridized carbons (Fsp3) is 0.333. The number of ether oxygens (including phenoxy) is 1. The summed E-state index contributed by atoms with van der Waals surface area (Å²) >= 11 is 3.20. The van der Waals surface area contributed by atoms with Crippen LogP contribution in [-0.2, 0) is 4.74 Å². The summed E-state index contributed by atoms with van der Waals surface area (Å²) in [6.45, 7) is 0.340. The van der Waals surface area contributed by atoms with Crippen LogP contribution in [0.5, 0.6) is 0 Å². The lowest BCUT2D eigenvalue weighted by atomic mass is 10.1. The molecule has 0 spiro atoms. The van der Waals surface area contributed by atoms with Crippen LogP contribution < -0.4 is 5.73 Å². The van der Waals surface area contributed by atoms with Gasteiger partial charge in [0, 0.05) is 18.1 Å². The highest BCUT2D eigenvalue weighted by Crippen LogP contribution is 2.21. The number of halogens is 2. The quantitative estimate of drug-likeness (QED) is 0.890. The van der Waals surface area contributed by atoms with Crippen molar-refractivity contribution in [2.24, 2.45) is 5.73 Å². The van der Waals surface area contributed by atoms with Gasteiger partial charge in [-0.3, -0.25) is 0 Å². The van der Waals surface area contributed by atoms with Crippen LogP contribution in [0, 0.1) is 5.82 Å². The minimum Gasteiger partial charge on any atom is -0.375 e. The summed E-state index contributed by atoms with van der Waals surface area (Å²) in [5, 5.41) is 0. The second-order valence-corrected chi connectivity index (χ2v) is 3.58. The lowest BCUT2D eigenvalue weighted by molar-refractivity contribution is 0.110. The summed E-state index contributed by atoms with van der Waals surface area (Å²) in [7, 11) is 1.55. The van der Waals surface area contributed by atoms with Gasteiger partial charge >= 0.3 is 0 Å². The molecular formula is C9H11BrFNO. The Morgan fingerprint density at radius 3 is 2.69 bits per heavy atom. The maximum Gasteiger partial charge on any atom is 0.124 e. The highest BCUT2D eigenvalue weighted by atomic mass is 79.9. The molecule has 2 nitrogen and oxygen atoms in total. The molecule has 0 bridgehead atoms. The molecule has 0 radical (unpaired) electrons. The van der Waals surface area contributed by atoms with E-state index in [0.717, 1.165) is 5.56 Å². The van der Waals surface area contributed by atoms with Crippen LogP contribution in [0.25, 0.3) is 0 Å². The smallest absolute Gasteiger partial charge is 0.124 e. The van der Waals surface area contributed by atoms with E-state index in [1.165, 1.54) is 12.1 Å². The SMILES string of the molecule is COC(CN)c1cc(F)cc(Br)c1. The number of rotatable bonds is 3. The number of benzene rings is 1. The van der Waals surface area contributed by atoms with Gasteiger partial charge in [0.05, 0.1) is 6.10 Å². The van der Waals surface area contributed by atoms with Gasteiger partial charge in [-0.2, -0.15) is 0 Å². The predicted molar refractivity (Wildman–Crippen MR) is 52.9 cm³/mol. The Balaban J connectivity index is 2.99. The fourth-order valence-corrected chi connectivity index (χ4v) is 1.61. The van der Waals surface area contributed by atoms with Crippen LogP contribution >= 0.6 is 15.9 Å². The number of hydrogen-bond donors (Lipinski definition) is 1. The van der Waals surface area contributed by atoms with Gasteiger partial charge in [-0.15, -0.1) is 0 Å². The zero-order valence-electron chi connectivity index (χ0n) is 7.26. The topological polar surface area (TPSA) is 35.2 Å². The van der Waals surface area contributed by atoms with Gasteiger partial charge in [-0.1, -0.05) is 15.9 Å². The first kappa shape index (κ1) is 10.6. The molecule has 1 atom stereocenters. The van der Waals surface area contributed by atoms with Crippen LogP contribution in [0.4, 0.5) is 4.39 Å². The predicted octanol–water partition coefficient (Wildman–Crippen LogP) is 2.23. The fourth-order valence-electron chi connectivity index (χ4n) is 1.13. The van der Waals surface area contributed by atoms with Gasteiger partial charge < -0.3 is 10.5 Å². The molecule has 1 unspecified atom stereocenters. The molecule has 0 amide bonds. The van der Waals surface area contributed by atoms with Crippen LogP contribution in [0.2, 0.25) is 0 Å². The van der Waals surface area contributed by atoms with E-state index in [1.54, 1.807) is 13.2 Å². The maximum absolute atomic E-state index is 12.9. The molecule has 0 fully saturated rings. The van der Waals surface area contributed by atoms with Crippen molar-refractivity contribution in [3.63, 3.8) is 0 Å². The average molecular weight is 248 g/mol. The van der Waals surface area contributed by atoms with Crippen molar-refractivity contribution >= 4 is 15.9 Å². The number of hydrogen-bond acceptors (Lipinski definition) is 2. The second kappa shape index (κ2) is 4.69. The Labute approximate surface area is 85.0 Å². The van der Waals surface area contributed by atoms with Gasteiger partial charge in [-0.25, -0.2) is 4.39 Å². The lowest BCUT2D eigenvalue weighted by Crippen LogP contribution is -2.14. The van der Waals surface area contributed by atoms with Crippen LogP contribution in [0.3, 0.4) is 0 Å². The van der Waals surface area contributed by atoms with Crippen molar-refractivity contribution in [1.82, 2.24) is 0 Å². The summed E-state index contributed by atoms with van der Waals surface area (Å²) in [6, 6.07) is 4.61. The molecule has 13 heavy (non-hydrogen) atoms. The van der Waals surface area contributed by atoms with Crippen molar-refractivity contribution in [2.45, 2.75) is 6.10 Å². The molecule has 2 N–H and O–H groups in total. The molecule has 72 valence electrons. The van der Waals surface area contributed by atoms with Crippen molar-refractivity contribution in [1.29, 1.82) is 0 Å². The molecule has 4 heteroatoms. The van der Waals surface area contributed by atoms with E-state index in [0.29, 0.717) is 11.0 Å². The highest BCUT2D eigenvalue weighted by molar-refractivity contribution is 9.10. The van der Waals surface area contributed by atoms with Gasteiger partial charge in [0.2, 0.25) is 0 Å². The maximum atomic E-state index is 12.9. The summed E-state index contributed by atoms with van der Waals surface area (Å²) in [4.78, 5) is 0. The second-order valence-electron chi connectivity index (χ2n) is 2.66. The van der Waals surface area contributed by atoms with E-state index in [9.17, 15) is 4.39 Å². The third kappa shape index (κ3) is 2.76. The molecule has 1 aromatic rings. The van der Waals surface area contributed by atoms with E-state index in [2.05, 4.69) is 15.9 Å². The van der Waals surface area contributed by atoms with E-state index < -0.39 is 0 Å². The van der Waals surface area contributed by atoms with Gasteiger partial charge in [0.15, 0.2) is 0 Å². The van der Waals surface area contributed by atoms with Crippen LogP contribution in [0.1, 0.15) is 11.7 Å². The van der Waals surface area contributed by atoms with Crippen molar-refractivity contribution in [2.75, 3.05) is 13.7 Å². The van der Waals surface area contributed by atoms with Crippen molar-refractivity contribution in [3.8, 4) is 0 Å². The molecule has 0 aliphatic rings. The first-order valence-electron chi connectivity index (χ1n) is 3.86. The van der Waals surface area contributed by atoms with E-state index in [-0.39, 0.29) is 11.9 Å². The molecule has 1 rings (SSSR count).